The Kier molecular flexibility index (Phi) is 2.68. The fraction of sp³-hybridized carbons (Fsp3) is 0.182. The Morgan fingerprint density at radius 1 is 1.29 bits per heavy atom. The molecule has 0 heterocycles. The molecule has 1 aromatic rings. The highest BCUT2D eigenvalue weighted by Crippen LogP contribution is 2.33. The lowest BCUT2D eigenvalue weighted by atomic mass is 10.3. The smallest absolute Gasteiger partial charge is 0.156 e. The Labute approximate surface area is 86.0 Å². The van der Waals surface area contributed by atoms with E-state index >= 15 is 0 Å². The van der Waals surface area contributed by atoms with Crippen LogP contribution in [0, 0.1) is 5.82 Å². The van der Waals surface area contributed by atoms with Crippen molar-refractivity contribution in [3.05, 3.63) is 41.1 Å². The van der Waals surface area contributed by atoms with E-state index in [1.807, 2.05) is 6.07 Å². The molecular formula is C11H9FOS. The molecule has 0 atom stereocenters. The van der Waals surface area contributed by atoms with Crippen molar-refractivity contribution in [3.8, 4) is 0 Å². The summed E-state index contributed by atoms with van der Waals surface area (Å²) in [5, 5.41) is 0. The number of allylic oxidation sites excluding steroid dienone is 2. The summed E-state index contributed by atoms with van der Waals surface area (Å²) < 4.78 is 12.8. The molecule has 0 saturated carbocycles. The maximum absolute atomic E-state index is 12.8. The minimum Gasteiger partial charge on any atom is -0.295 e. The minimum atomic E-state index is -0.236. The number of thioether (sulfide) groups is 1. The first-order chi connectivity index (χ1) is 6.74. The molecule has 1 aliphatic carbocycles. The van der Waals surface area contributed by atoms with Crippen LogP contribution in [-0.2, 0) is 4.79 Å². The molecule has 0 aliphatic heterocycles. The number of carbonyl (C=O) groups is 1. The number of halogens is 1. The molecular weight excluding hydrogens is 199 g/mol. The Morgan fingerprint density at radius 2 is 2.14 bits per heavy atom. The summed E-state index contributed by atoms with van der Waals surface area (Å²) in [7, 11) is 0. The summed E-state index contributed by atoms with van der Waals surface area (Å²) in [6.07, 6.45) is 3.03. The molecule has 3 heteroatoms. The lowest BCUT2D eigenvalue weighted by molar-refractivity contribution is -0.114. The summed E-state index contributed by atoms with van der Waals surface area (Å²) in [5.41, 5.74) is 0. The Morgan fingerprint density at radius 3 is 2.79 bits per heavy atom. The van der Waals surface area contributed by atoms with Crippen molar-refractivity contribution in [1.82, 2.24) is 0 Å². The number of carbonyl (C=O) groups excluding carboxylic acids is 1. The van der Waals surface area contributed by atoms with Crippen molar-refractivity contribution in [2.24, 2.45) is 0 Å². The van der Waals surface area contributed by atoms with Gasteiger partial charge in [0.25, 0.3) is 0 Å². The van der Waals surface area contributed by atoms with Gasteiger partial charge in [-0.1, -0.05) is 17.8 Å². The van der Waals surface area contributed by atoms with Crippen LogP contribution in [0.4, 0.5) is 4.39 Å². The van der Waals surface area contributed by atoms with Gasteiger partial charge in [-0.15, -0.1) is 0 Å². The molecule has 1 nitrogen and oxygen atoms in total. The predicted octanol–water partition coefficient (Wildman–Crippen LogP) is 3.16. The van der Waals surface area contributed by atoms with Crippen LogP contribution >= 0.6 is 11.8 Å². The van der Waals surface area contributed by atoms with Gasteiger partial charge < -0.3 is 0 Å². The first-order valence-electron chi connectivity index (χ1n) is 4.41. The Bertz CT molecular complexity index is 398. The van der Waals surface area contributed by atoms with Crippen molar-refractivity contribution in [3.63, 3.8) is 0 Å². The minimum absolute atomic E-state index is 0.170. The molecule has 0 spiro atoms. The SMILES string of the molecule is O=C1C=C(Sc2cccc(F)c2)CC1. The fourth-order valence-corrected chi connectivity index (χ4v) is 2.35. The zero-order valence-corrected chi connectivity index (χ0v) is 8.31. The van der Waals surface area contributed by atoms with Gasteiger partial charge in [0.1, 0.15) is 5.82 Å². The predicted molar refractivity (Wildman–Crippen MR) is 54.6 cm³/mol. The van der Waals surface area contributed by atoms with Crippen LogP contribution in [0.15, 0.2) is 40.1 Å². The van der Waals surface area contributed by atoms with Crippen molar-refractivity contribution in [1.29, 1.82) is 0 Å². The van der Waals surface area contributed by atoms with Gasteiger partial charge in [-0.3, -0.25) is 4.79 Å². The molecule has 72 valence electrons. The summed E-state index contributed by atoms with van der Waals surface area (Å²) in [5.74, 6) is -0.0659. The number of hydrogen-bond donors (Lipinski definition) is 0. The third-order valence-electron chi connectivity index (χ3n) is 1.98. The second-order valence-corrected chi connectivity index (χ2v) is 4.34. The molecule has 0 bridgehead atoms. The topological polar surface area (TPSA) is 17.1 Å². The highest BCUT2D eigenvalue weighted by molar-refractivity contribution is 8.03. The molecule has 0 fully saturated rings. The molecule has 0 radical (unpaired) electrons. The zero-order chi connectivity index (χ0) is 9.97. The van der Waals surface area contributed by atoms with Crippen molar-refractivity contribution >= 4 is 17.5 Å². The second kappa shape index (κ2) is 3.96. The summed E-state index contributed by atoms with van der Waals surface area (Å²) >= 11 is 1.47. The van der Waals surface area contributed by atoms with Crippen molar-refractivity contribution in [2.45, 2.75) is 17.7 Å². The van der Waals surface area contributed by atoms with E-state index < -0.39 is 0 Å². The lowest BCUT2D eigenvalue weighted by Crippen LogP contribution is -1.80. The van der Waals surface area contributed by atoms with Gasteiger partial charge in [0.05, 0.1) is 0 Å². The first-order valence-corrected chi connectivity index (χ1v) is 5.22. The molecule has 1 aliphatic rings. The van der Waals surface area contributed by atoms with Crippen LogP contribution in [0.25, 0.3) is 0 Å². The molecule has 0 aromatic heterocycles. The average Bonchev–Trinajstić information content (AvgIpc) is 2.51. The van der Waals surface area contributed by atoms with Gasteiger partial charge >= 0.3 is 0 Å². The van der Waals surface area contributed by atoms with Gasteiger partial charge in [0, 0.05) is 11.3 Å². The first kappa shape index (κ1) is 9.46. The second-order valence-electron chi connectivity index (χ2n) is 3.14. The third kappa shape index (κ3) is 2.23. The van der Waals surface area contributed by atoms with Gasteiger partial charge in [0.15, 0.2) is 5.78 Å². The summed E-state index contributed by atoms with van der Waals surface area (Å²) in [6.45, 7) is 0. The third-order valence-corrected chi connectivity index (χ3v) is 3.06. The van der Waals surface area contributed by atoms with Gasteiger partial charge in [-0.25, -0.2) is 4.39 Å². The number of benzene rings is 1. The molecule has 0 saturated heterocycles. The van der Waals surface area contributed by atoms with Crippen LogP contribution in [0.1, 0.15) is 12.8 Å². The Hall–Kier alpha value is -1.09. The highest BCUT2D eigenvalue weighted by atomic mass is 32.2. The molecule has 0 N–H and O–H groups in total. The molecule has 14 heavy (non-hydrogen) atoms. The van der Waals surface area contributed by atoms with Crippen LogP contribution in [0.3, 0.4) is 0 Å². The van der Waals surface area contributed by atoms with E-state index in [1.54, 1.807) is 12.1 Å². The summed E-state index contributed by atoms with van der Waals surface area (Å²) in [6, 6.07) is 6.42. The molecule has 0 unspecified atom stereocenters. The largest absolute Gasteiger partial charge is 0.295 e. The standard InChI is InChI=1S/C11H9FOS/c12-8-2-1-3-10(6-8)14-11-5-4-9(13)7-11/h1-3,6-7H,4-5H2. The maximum atomic E-state index is 12.8. The van der Waals surface area contributed by atoms with Crippen molar-refractivity contribution in [2.75, 3.05) is 0 Å². The molecule has 1 aromatic carbocycles. The van der Waals surface area contributed by atoms with Crippen LogP contribution < -0.4 is 0 Å². The van der Waals surface area contributed by atoms with E-state index in [0.717, 1.165) is 16.2 Å². The summed E-state index contributed by atoms with van der Waals surface area (Å²) in [4.78, 5) is 12.8. The van der Waals surface area contributed by atoms with E-state index in [0.29, 0.717) is 6.42 Å². The Balaban J connectivity index is 2.11. The lowest BCUT2D eigenvalue weighted by Gasteiger charge is -2.00. The van der Waals surface area contributed by atoms with Crippen LogP contribution in [-0.4, -0.2) is 5.78 Å². The van der Waals surface area contributed by atoms with Crippen molar-refractivity contribution < 1.29 is 9.18 Å². The quantitative estimate of drug-likeness (QED) is 0.742. The van der Waals surface area contributed by atoms with Gasteiger partial charge in [-0.2, -0.15) is 0 Å². The van der Waals surface area contributed by atoms with E-state index in [9.17, 15) is 9.18 Å². The zero-order valence-electron chi connectivity index (χ0n) is 7.50. The highest BCUT2D eigenvalue weighted by Gasteiger charge is 2.12. The van der Waals surface area contributed by atoms with Gasteiger partial charge in [-0.05, 0) is 35.6 Å². The van der Waals surface area contributed by atoms with E-state index in [2.05, 4.69) is 0 Å². The van der Waals surface area contributed by atoms with E-state index in [1.165, 1.54) is 23.9 Å². The van der Waals surface area contributed by atoms with Crippen LogP contribution in [0.2, 0.25) is 0 Å². The number of hydrogen-bond acceptors (Lipinski definition) is 2. The number of rotatable bonds is 2. The average molecular weight is 208 g/mol. The monoisotopic (exact) mass is 208 g/mol. The van der Waals surface area contributed by atoms with E-state index in [4.69, 9.17) is 0 Å². The van der Waals surface area contributed by atoms with Gasteiger partial charge in [0.2, 0.25) is 0 Å². The number of ketones is 1. The molecule has 0 amide bonds. The molecule has 2 rings (SSSR count). The normalized spacial score (nSPS) is 15.8. The fourth-order valence-electron chi connectivity index (χ4n) is 1.33. The maximum Gasteiger partial charge on any atom is 0.156 e. The van der Waals surface area contributed by atoms with E-state index in [-0.39, 0.29) is 11.6 Å². The van der Waals surface area contributed by atoms with Crippen LogP contribution in [0.5, 0.6) is 0 Å².